The number of benzene rings is 2. The van der Waals surface area contributed by atoms with Crippen LogP contribution < -0.4 is 0 Å². The van der Waals surface area contributed by atoms with Gasteiger partial charge < -0.3 is 5.11 Å². The molecule has 0 aliphatic heterocycles. The summed E-state index contributed by atoms with van der Waals surface area (Å²) in [6.07, 6.45) is 0. The van der Waals surface area contributed by atoms with Crippen LogP contribution in [0.2, 0.25) is 30.1 Å². The molecule has 2 aromatic carbocycles. The van der Waals surface area contributed by atoms with Crippen molar-refractivity contribution in [2.24, 2.45) is 0 Å². The van der Waals surface area contributed by atoms with Crippen molar-refractivity contribution in [2.45, 2.75) is 0 Å². The summed E-state index contributed by atoms with van der Waals surface area (Å²) >= 11 is 36.8. The summed E-state index contributed by atoms with van der Waals surface area (Å²) < 4.78 is 0. The lowest BCUT2D eigenvalue weighted by Crippen LogP contribution is -2.03. The summed E-state index contributed by atoms with van der Waals surface area (Å²) in [6, 6.07) is 8.90. The van der Waals surface area contributed by atoms with Gasteiger partial charge in [-0.25, -0.2) is 9.78 Å². The number of pyridine rings is 1. The molecule has 0 fully saturated rings. The Labute approximate surface area is 184 Å². The first-order valence-electron chi connectivity index (χ1n) is 7.23. The Hall–Kier alpha value is -1.20. The number of hydrogen-bond donors (Lipinski definition) is 1. The van der Waals surface area contributed by atoms with Gasteiger partial charge in [-0.3, -0.25) is 0 Å². The average Bonchev–Trinajstić information content (AvgIpc) is 2.60. The Morgan fingerprint density at radius 1 is 0.778 bits per heavy atom. The second-order valence-electron chi connectivity index (χ2n) is 5.40. The van der Waals surface area contributed by atoms with Gasteiger partial charge in [-0.1, -0.05) is 69.6 Å². The number of halogens is 6. The maximum atomic E-state index is 11.7. The minimum atomic E-state index is -1.19. The highest BCUT2D eigenvalue weighted by atomic mass is 35.5. The second-order valence-corrected chi connectivity index (χ2v) is 7.84. The third kappa shape index (κ3) is 4.14. The lowest BCUT2D eigenvalue weighted by atomic mass is 10.0. The SMILES string of the molecule is O=C(O)c1ccc(-c2cc(Cl)cc(Cl)c2Cl)nc1-c1cc(Cl)cc(Cl)c1Cl. The van der Waals surface area contributed by atoms with Crippen LogP contribution in [-0.2, 0) is 0 Å². The topological polar surface area (TPSA) is 50.2 Å². The smallest absolute Gasteiger partial charge is 0.337 e. The molecule has 0 spiro atoms. The number of hydrogen-bond acceptors (Lipinski definition) is 2. The number of nitrogens with zero attached hydrogens (tertiary/aromatic N) is 1. The fourth-order valence-corrected chi connectivity index (χ4v) is 3.85. The predicted octanol–water partition coefficient (Wildman–Crippen LogP) is 8.03. The summed E-state index contributed by atoms with van der Waals surface area (Å²) in [5, 5.41) is 11.0. The number of aromatic carboxylic acids is 1. The van der Waals surface area contributed by atoms with Crippen molar-refractivity contribution in [2.75, 3.05) is 0 Å². The Morgan fingerprint density at radius 3 is 1.85 bits per heavy atom. The van der Waals surface area contributed by atoms with Crippen LogP contribution in [-0.4, -0.2) is 16.1 Å². The van der Waals surface area contributed by atoms with E-state index in [0.717, 1.165) is 0 Å². The summed E-state index contributed by atoms with van der Waals surface area (Å²) in [7, 11) is 0. The molecule has 0 atom stereocenters. The summed E-state index contributed by atoms with van der Waals surface area (Å²) in [6.45, 7) is 0. The molecule has 1 heterocycles. The van der Waals surface area contributed by atoms with Gasteiger partial charge in [0, 0.05) is 21.2 Å². The molecule has 0 saturated carbocycles. The van der Waals surface area contributed by atoms with E-state index < -0.39 is 5.97 Å². The Bertz CT molecular complexity index is 1080. The second kappa shape index (κ2) is 8.04. The van der Waals surface area contributed by atoms with E-state index in [0.29, 0.717) is 16.3 Å². The van der Waals surface area contributed by atoms with Crippen molar-refractivity contribution >= 4 is 75.6 Å². The molecule has 138 valence electrons. The van der Waals surface area contributed by atoms with E-state index >= 15 is 0 Å². The van der Waals surface area contributed by atoms with Gasteiger partial charge >= 0.3 is 5.97 Å². The zero-order chi connectivity index (χ0) is 19.9. The van der Waals surface area contributed by atoms with Gasteiger partial charge in [0.2, 0.25) is 0 Å². The van der Waals surface area contributed by atoms with Crippen molar-refractivity contribution in [1.82, 2.24) is 4.98 Å². The lowest BCUT2D eigenvalue weighted by Gasteiger charge is -2.13. The largest absolute Gasteiger partial charge is 0.478 e. The molecule has 9 heteroatoms. The van der Waals surface area contributed by atoms with Gasteiger partial charge in [-0.15, -0.1) is 0 Å². The third-order valence-corrected chi connectivity index (χ3v) is 5.68. The zero-order valence-corrected chi connectivity index (χ0v) is 17.6. The monoisotopic (exact) mass is 479 g/mol. The Kier molecular flexibility index (Phi) is 6.11. The fraction of sp³-hybridized carbons (Fsp3) is 0. The third-order valence-electron chi connectivity index (χ3n) is 3.64. The van der Waals surface area contributed by atoms with Crippen LogP contribution in [0.15, 0.2) is 36.4 Å². The van der Waals surface area contributed by atoms with Crippen LogP contribution >= 0.6 is 69.6 Å². The molecule has 0 amide bonds. The molecular weight excluding hydrogens is 475 g/mol. The molecule has 0 bridgehead atoms. The molecule has 0 saturated heterocycles. The molecule has 1 N–H and O–H groups in total. The number of aromatic nitrogens is 1. The predicted molar refractivity (Wildman–Crippen MR) is 112 cm³/mol. The molecule has 1 aromatic heterocycles. The minimum Gasteiger partial charge on any atom is -0.478 e. The first-order chi connectivity index (χ1) is 12.7. The van der Waals surface area contributed by atoms with Crippen LogP contribution in [0.25, 0.3) is 22.5 Å². The van der Waals surface area contributed by atoms with Gasteiger partial charge in [0.25, 0.3) is 0 Å². The number of rotatable bonds is 3. The van der Waals surface area contributed by atoms with Gasteiger partial charge in [-0.05, 0) is 36.4 Å². The Morgan fingerprint density at radius 2 is 1.30 bits per heavy atom. The zero-order valence-electron chi connectivity index (χ0n) is 13.0. The molecule has 0 radical (unpaired) electrons. The number of carbonyl (C=O) groups is 1. The maximum absolute atomic E-state index is 11.7. The van der Waals surface area contributed by atoms with Crippen molar-refractivity contribution in [1.29, 1.82) is 0 Å². The van der Waals surface area contributed by atoms with Gasteiger partial charge in [-0.2, -0.15) is 0 Å². The van der Waals surface area contributed by atoms with Crippen molar-refractivity contribution < 1.29 is 9.90 Å². The normalized spacial score (nSPS) is 10.9. The van der Waals surface area contributed by atoms with Gasteiger partial charge in [0.1, 0.15) is 0 Å². The highest BCUT2D eigenvalue weighted by molar-refractivity contribution is 6.45. The first kappa shape index (κ1) is 20.5. The Balaban J connectivity index is 2.32. The molecule has 0 unspecified atom stereocenters. The van der Waals surface area contributed by atoms with E-state index in [1.54, 1.807) is 6.07 Å². The van der Waals surface area contributed by atoms with E-state index in [2.05, 4.69) is 4.98 Å². The average molecular weight is 482 g/mol. The quantitative estimate of drug-likeness (QED) is 0.385. The maximum Gasteiger partial charge on any atom is 0.337 e. The first-order valence-corrected chi connectivity index (χ1v) is 9.50. The van der Waals surface area contributed by atoms with Crippen molar-refractivity contribution in [3.05, 3.63) is 72.1 Å². The highest BCUT2D eigenvalue weighted by Crippen LogP contribution is 2.40. The molecule has 27 heavy (non-hydrogen) atoms. The molecule has 0 aliphatic carbocycles. The van der Waals surface area contributed by atoms with Crippen molar-refractivity contribution in [3.8, 4) is 22.5 Å². The molecule has 3 rings (SSSR count). The summed E-state index contributed by atoms with van der Waals surface area (Å²) in [5.41, 5.74) is 1.08. The van der Waals surface area contributed by atoms with E-state index in [9.17, 15) is 9.90 Å². The van der Waals surface area contributed by atoms with E-state index in [-0.39, 0.29) is 41.9 Å². The van der Waals surface area contributed by atoms with Crippen LogP contribution in [0.5, 0.6) is 0 Å². The summed E-state index contributed by atoms with van der Waals surface area (Å²) in [4.78, 5) is 16.1. The van der Waals surface area contributed by atoms with Crippen LogP contribution in [0, 0.1) is 0 Å². The molecule has 3 aromatic rings. The molecule has 0 aliphatic rings. The minimum absolute atomic E-state index is 0.0803. The van der Waals surface area contributed by atoms with E-state index in [1.807, 2.05) is 0 Å². The van der Waals surface area contributed by atoms with Crippen molar-refractivity contribution in [3.63, 3.8) is 0 Å². The highest BCUT2D eigenvalue weighted by Gasteiger charge is 2.20. The fourth-order valence-electron chi connectivity index (χ4n) is 2.46. The summed E-state index contributed by atoms with van der Waals surface area (Å²) in [5.74, 6) is -1.19. The number of carboxylic acid groups (broad SMARTS) is 1. The van der Waals surface area contributed by atoms with Crippen LogP contribution in [0.1, 0.15) is 10.4 Å². The van der Waals surface area contributed by atoms with Gasteiger partial charge in [0.15, 0.2) is 0 Å². The molecular formula is C18H7Cl6NO2. The van der Waals surface area contributed by atoms with E-state index in [1.165, 1.54) is 30.3 Å². The number of carboxylic acids is 1. The van der Waals surface area contributed by atoms with E-state index in [4.69, 9.17) is 69.6 Å². The van der Waals surface area contributed by atoms with Gasteiger partial charge in [0.05, 0.1) is 37.0 Å². The lowest BCUT2D eigenvalue weighted by molar-refractivity contribution is 0.0697. The van der Waals surface area contributed by atoms with Crippen LogP contribution in [0.4, 0.5) is 0 Å². The molecule has 3 nitrogen and oxygen atoms in total. The standard InChI is InChI=1S/C18H7Cl6NO2/c19-7-3-10(15(23)12(21)5-7)14-2-1-9(18(26)27)17(25-14)11-4-8(20)6-13(22)16(11)24/h1-6H,(H,26,27). The van der Waals surface area contributed by atoms with Crippen LogP contribution in [0.3, 0.4) is 0 Å².